The average Bonchev–Trinajstić information content (AvgIpc) is 3.18. The number of carbonyl (C=O) groups is 1. The molecule has 1 aliphatic rings. The van der Waals surface area contributed by atoms with Crippen LogP contribution in [-0.2, 0) is 16.1 Å². The maximum Gasteiger partial charge on any atom is 0.238 e. The number of phenolic OH excluding ortho intramolecular Hbond substituents is 1. The van der Waals surface area contributed by atoms with Gasteiger partial charge >= 0.3 is 0 Å². The number of benzene rings is 2. The van der Waals surface area contributed by atoms with Gasteiger partial charge in [-0.2, -0.15) is 0 Å². The molecule has 6 heteroatoms. The van der Waals surface area contributed by atoms with Crippen LogP contribution in [-0.4, -0.2) is 48.3 Å². The lowest BCUT2D eigenvalue weighted by Crippen LogP contribution is -2.37. The van der Waals surface area contributed by atoms with Gasteiger partial charge in [0, 0.05) is 30.9 Å². The molecule has 28 heavy (non-hydrogen) atoms. The van der Waals surface area contributed by atoms with Crippen molar-refractivity contribution in [1.82, 2.24) is 4.90 Å². The van der Waals surface area contributed by atoms with Crippen LogP contribution in [0.25, 0.3) is 0 Å². The van der Waals surface area contributed by atoms with Crippen LogP contribution in [0.3, 0.4) is 0 Å². The molecule has 2 aromatic rings. The Morgan fingerprint density at radius 2 is 2.04 bits per heavy atom. The van der Waals surface area contributed by atoms with Gasteiger partial charge in [0.15, 0.2) is 0 Å². The number of nitrogens with zero attached hydrogens (tertiary/aromatic N) is 1. The number of aromatic hydroxyl groups is 1. The lowest BCUT2D eigenvalue weighted by atomic mass is 10.1. The fourth-order valence-corrected chi connectivity index (χ4v) is 3.35. The third-order valence-corrected chi connectivity index (χ3v) is 4.69. The van der Waals surface area contributed by atoms with Crippen LogP contribution in [0.5, 0.6) is 11.5 Å². The Balaban J connectivity index is 1.62. The van der Waals surface area contributed by atoms with Gasteiger partial charge < -0.3 is 19.9 Å². The zero-order chi connectivity index (χ0) is 19.8. The van der Waals surface area contributed by atoms with E-state index in [-0.39, 0.29) is 24.3 Å². The largest absolute Gasteiger partial charge is 0.508 e. The number of phenols is 1. The van der Waals surface area contributed by atoms with Gasteiger partial charge in [-0.1, -0.05) is 18.2 Å². The van der Waals surface area contributed by atoms with Gasteiger partial charge in [-0.15, -0.1) is 0 Å². The summed E-state index contributed by atoms with van der Waals surface area (Å²) in [5.74, 6) is 0.921. The number of nitrogens with one attached hydrogen (secondary N) is 1. The fourth-order valence-electron chi connectivity index (χ4n) is 3.35. The number of rotatable bonds is 9. The number of anilines is 1. The molecule has 0 aliphatic carbocycles. The molecule has 1 heterocycles. The third-order valence-electron chi connectivity index (χ3n) is 4.69. The molecular formula is C22H28N2O4. The first-order valence-corrected chi connectivity index (χ1v) is 9.77. The highest BCUT2D eigenvalue weighted by Crippen LogP contribution is 2.20. The van der Waals surface area contributed by atoms with Gasteiger partial charge in [0.25, 0.3) is 0 Å². The summed E-state index contributed by atoms with van der Waals surface area (Å²) in [6.45, 7) is 4.68. The van der Waals surface area contributed by atoms with Crippen LogP contribution in [0, 0.1) is 0 Å². The van der Waals surface area contributed by atoms with Crippen molar-refractivity contribution in [1.29, 1.82) is 0 Å². The summed E-state index contributed by atoms with van der Waals surface area (Å²) in [5, 5.41) is 13.0. The van der Waals surface area contributed by atoms with E-state index in [9.17, 15) is 9.90 Å². The first-order valence-electron chi connectivity index (χ1n) is 9.77. The number of ether oxygens (including phenoxy) is 2. The average molecular weight is 384 g/mol. The normalized spacial score (nSPS) is 16.3. The van der Waals surface area contributed by atoms with E-state index in [0.29, 0.717) is 19.7 Å². The fraction of sp³-hybridized carbons (Fsp3) is 0.409. The SMILES string of the molecule is CCOc1ccc(NC(=O)CN(Cc2ccccc2O)CC2CCCO2)cc1. The van der Waals surface area contributed by atoms with E-state index in [4.69, 9.17) is 9.47 Å². The van der Waals surface area contributed by atoms with Gasteiger partial charge in [-0.05, 0) is 50.1 Å². The van der Waals surface area contributed by atoms with Crippen molar-refractivity contribution >= 4 is 11.6 Å². The zero-order valence-corrected chi connectivity index (χ0v) is 16.3. The summed E-state index contributed by atoms with van der Waals surface area (Å²) in [7, 11) is 0. The van der Waals surface area contributed by atoms with Gasteiger partial charge in [0.2, 0.25) is 5.91 Å². The summed E-state index contributed by atoms with van der Waals surface area (Å²) in [6.07, 6.45) is 2.18. The molecule has 2 N–H and O–H groups in total. The minimum Gasteiger partial charge on any atom is -0.508 e. The Morgan fingerprint density at radius 1 is 1.25 bits per heavy atom. The molecule has 2 aromatic carbocycles. The van der Waals surface area contributed by atoms with Gasteiger partial charge in [0.05, 0.1) is 19.3 Å². The zero-order valence-electron chi connectivity index (χ0n) is 16.3. The molecule has 1 amide bonds. The Labute approximate surface area is 166 Å². The van der Waals surface area contributed by atoms with Crippen LogP contribution in [0.1, 0.15) is 25.3 Å². The predicted octanol–water partition coefficient (Wildman–Crippen LogP) is 3.41. The predicted molar refractivity (Wildman–Crippen MR) is 109 cm³/mol. The van der Waals surface area contributed by atoms with Gasteiger partial charge in [-0.3, -0.25) is 9.69 Å². The second-order valence-corrected chi connectivity index (χ2v) is 6.94. The molecule has 1 saturated heterocycles. The summed E-state index contributed by atoms with van der Waals surface area (Å²) in [4.78, 5) is 14.6. The van der Waals surface area contributed by atoms with E-state index in [2.05, 4.69) is 5.32 Å². The van der Waals surface area contributed by atoms with Crippen molar-refractivity contribution in [2.45, 2.75) is 32.4 Å². The van der Waals surface area contributed by atoms with Gasteiger partial charge in [-0.25, -0.2) is 0 Å². The summed E-state index contributed by atoms with van der Waals surface area (Å²) < 4.78 is 11.2. The highest BCUT2D eigenvalue weighted by Gasteiger charge is 2.21. The van der Waals surface area contributed by atoms with Crippen LogP contribution < -0.4 is 10.1 Å². The maximum atomic E-state index is 12.6. The molecule has 6 nitrogen and oxygen atoms in total. The number of carbonyl (C=O) groups excluding carboxylic acids is 1. The lowest BCUT2D eigenvalue weighted by Gasteiger charge is -2.25. The van der Waals surface area contributed by atoms with Gasteiger partial charge in [0.1, 0.15) is 11.5 Å². The molecule has 0 spiro atoms. The van der Waals surface area contributed by atoms with Crippen LogP contribution >= 0.6 is 0 Å². The lowest BCUT2D eigenvalue weighted by molar-refractivity contribution is -0.117. The third kappa shape index (κ3) is 5.97. The van der Waals surface area contributed by atoms with E-state index in [0.717, 1.165) is 36.4 Å². The van der Waals surface area contributed by atoms with E-state index in [1.54, 1.807) is 12.1 Å². The van der Waals surface area contributed by atoms with E-state index in [1.807, 2.05) is 48.2 Å². The quantitative estimate of drug-likeness (QED) is 0.693. The van der Waals surface area contributed by atoms with Crippen molar-refractivity contribution in [2.24, 2.45) is 0 Å². The number of hydrogen-bond donors (Lipinski definition) is 2. The standard InChI is InChI=1S/C22H28N2O4/c1-2-27-19-11-9-18(10-12-19)23-22(26)16-24(15-20-7-5-13-28-20)14-17-6-3-4-8-21(17)25/h3-4,6,8-12,20,25H,2,5,7,13-16H2,1H3,(H,23,26). The molecule has 1 fully saturated rings. The van der Waals surface area contributed by atoms with Crippen LogP contribution in [0.2, 0.25) is 0 Å². The Kier molecular flexibility index (Phi) is 7.28. The first-order chi connectivity index (χ1) is 13.6. The molecule has 150 valence electrons. The molecule has 1 atom stereocenters. The number of amides is 1. The number of para-hydroxylation sites is 1. The summed E-state index contributed by atoms with van der Waals surface area (Å²) in [5.41, 5.74) is 1.53. The van der Waals surface area contributed by atoms with E-state index < -0.39 is 0 Å². The molecule has 0 bridgehead atoms. The Morgan fingerprint density at radius 3 is 2.71 bits per heavy atom. The van der Waals surface area contributed by atoms with E-state index in [1.165, 1.54) is 0 Å². The molecule has 0 aromatic heterocycles. The molecule has 3 rings (SSSR count). The highest BCUT2D eigenvalue weighted by molar-refractivity contribution is 5.92. The Bertz CT molecular complexity index is 757. The highest BCUT2D eigenvalue weighted by atomic mass is 16.5. The van der Waals surface area contributed by atoms with E-state index >= 15 is 0 Å². The number of hydrogen-bond acceptors (Lipinski definition) is 5. The van der Waals surface area contributed by atoms with Crippen molar-refractivity contribution in [3.63, 3.8) is 0 Å². The second kappa shape index (κ2) is 10.1. The molecule has 1 unspecified atom stereocenters. The van der Waals surface area contributed by atoms with Crippen LogP contribution in [0.4, 0.5) is 5.69 Å². The van der Waals surface area contributed by atoms with Crippen molar-refractivity contribution in [2.75, 3.05) is 31.6 Å². The molecule has 1 aliphatic heterocycles. The Hall–Kier alpha value is -2.57. The molecule has 0 radical (unpaired) electrons. The summed E-state index contributed by atoms with van der Waals surface area (Å²) >= 11 is 0. The molecular weight excluding hydrogens is 356 g/mol. The maximum absolute atomic E-state index is 12.6. The monoisotopic (exact) mass is 384 g/mol. The van der Waals surface area contributed by atoms with Crippen molar-refractivity contribution in [3.8, 4) is 11.5 Å². The minimum atomic E-state index is -0.0995. The van der Waals surface area contributed by atoms with Crippen LogP contribution in [0.15, 0.2) is 48.5 Å². The second-order valence-electron chi connectivity index (χ2n) is 6.94. The summed E-state index contributed by atoms with van der Waals surface area (Å²) in [6, 6.07) is 14.6. The topological polar surface area (TPSA) is 71.0 Å². The minimum absolute atomic E-state index is 0.0995. The van der Waals surface area contributed by atoms with Crippen molar-refractivity contribution in [3.05, 3.63) is 54.1 Å². The smallest absolute Gasteiger partial charge is 0.238 e. The molecule has 0 saturated carbocycles. The van der Waals surface area contributed by atoms with Crippen molar-refractivity contribution < 1.29 is 19.4 Å². The first kappa shape index (κ1) is 20.2.